The van der Waals surface area contributed by atoms with Crippen LogP contribution in [0.5, 0.6) is 0 Å². The van der Waals surface area contributed by atoms with E-state index < -0.39 is 5.97 Å². The van der Waals surface area contributed by atoms with Gasteiger partial charge in [-0.1, -0.05) is 6.92 Å². The van der Waals surface area contributed by atoms with Crippen LogP contribution in [-0.4, -0.2) is 46.4 Å². The lowest BCUT2D eigenvalue weighted by Gasteiger charge is -2.27. The summed E-state index contributed by atoms with van der Waals surface area (Å²) in [4.78, 5) is 36.7. The Bertz CT molecular complexity index is 566. The zero-order chi connectivity index (χ0) is 17.6. The molecule has 0 aliphatic rings. The number of carbonyl (C=O) groups is 3. The molecule has 0 saturated carbocycles. The minimum Gasteiger partial charge on any atom is -0.480 e. The minimum atomic E-state index is -1.05. The molecule has 1 aromatic rings. The Kier molecular flexibility index (Phi) is 6.75. The van der Waals surface area contributed by atoms with Gasteiger partial charge in [-0.3, -0.25) is 14.4 Å². The molecule has 0 radical (unpaired) electrons. The van der Waals surface area contributed by atoms with E-state index >= 15 is 0 Å². The van der Waals surface area contributed by atoms with Crippen molar-refractivity contribution in [3.63, 3.8) is 0 Å². The summed E-state index contributed by atoms with van der Waals surface area (Å²) < 4.78 is 0. The summed E-state index contributed by atoms with van der Waals surface area (Å²) >= 11 is 0. The number of carboxylic acids is 1. The number of rotatable bonds is 7. The molecular weight excluding hydrogens is 296 g/mol. The number of amides is 2. The minimum absolute atomic E-state index is 0.0280. The Morgan fingerprint density at radius 3 is 2.04 bits per heavy atom. The van der Waals surface area contributed by atoms with E-state index in [9.17, 15) is 14.4 Å². The van der Waals surface area contributed by atoms with Gasteiger partial charge in [-0.05, 0) is 51.5 Å². The van der Waals surface area contributed by atoms with Gasteiger partial charge < -0.3 is 15.3 Å². The van der Waals surface area contributed by atoms with Gasteiger partial charge in [0.1, 0.15) is 6.54 Å². The SMILES string of the molecule is CCC(C)N(CC(=O)O)C(=O)c1ccc(C(=O)NC(C)C)cc1. The molecule has 2 amide bonds. The van der Waals surface area contributed by atoms with Crippen LogP contribution in [0.2, 0.25) is 0 Å². The molecule has 6 heteroatoms. The van der Waals surface area contributed by atoms with E-state index in [-0.39, 0.29) is 30.4 Å². The van der Waals surface area contributed by atoms with Gasteiger partial charge in [-0.15, -0.1) is 0 Å². The van der Waals surface area contributed by atoms with Crippen LogP contribution in [0.1, 0.15) is 54.8 Å². The second kappa shape index (κ2) is 8.31. The van der Waals surface area contributed by atoms with Crippen molar-refractivity contribution >= 4 is 17.8 Å². The predicted molar refractivity (Wildman–Crippen MR) is 87.5 cm³/mol. The number of hydrogen-bond acceptors (Lipinski definition) is 3. The average Bonchev–Trinajstić information content (AvgIpc) is 2.50. The Labute approximate surface area is 136 Å². The van der Waals surface area contributed by atoms with Crippen molar-refractivity contribution in [1.82, 2.24) is 10.2 Å². The molecule has 0 aromatic heterocycles. The molecule has 2 N–H and O–H groups in total. The number of carboxylic acid groups (broad SMARTS) is 1. The second-order valence-electron chi connectivity index (χ2n) is 5.79. The first-order valence-corrected chi connectivity index (χ1v) is 7.70. The van der Waals surface area contributed by atoms with Crippen LogP contribution in [0.25, 0.3) is 0 Å². The summed E-state index contributed by atoms with van der Waals surface area (Å²) in [6.45, 7) is 7.10. The number of hydrogen-bond donors (Lipinski definition) is 2. The number of aliphatic carboxylic acids is 1. The Morgan fingerprint density at radius 1 is 1.09 bits per heavy atom. The first-order valence-electron chi connectivity index (χ1n) is 7.70. The molecule has 1 unspecified atom stereocenters. The third-order valence-corrected chi connectivity index (χ3v) is 3.50. The van der Waals surface area contributed by atoms with Crippen LogP contribution in [0.4, 0.5) is 0 Å². The molecule has 0 bridgehead atoms. The van der Waals surface area contributed by atoms with Crippen LogP contribution in [-0.2, 0) is 4.79 Å². The third kappa shape index (κ3) is 5.39. The van der Waals surface area contributed by atoms with E-state index in [0.29, 0.717) is 17.5 Å². The fraction of sp³-hybridized carbons (Fsp3) is 0.471. The maximum Gasteiger partial charge on any atom is 0.323 e. The number of nitrogens with zero attached hydrogens (tertiary/aromatic N) is 1. The quantitative estimate of drug-likeness (QED) is 0.806. The van der Waals surface area contributed by atoms with Crippen molar-refractivity contribution in [2.24, 2.45) is 0 Å². The zero-order valence-electron chi connectivity index (χ0n) is 14.0. The van der Waals surface area contributed by atoms with Gasteiger partial charge in [0, 0.05) is 23.2 Å². The molecule has 0 heterocycles. The predicted octanol–water partition coefficient (Wildman–Crippen LogP) is 2.15. The van der Waals surface area contributed by atoms with Gasteiger partial charge in [-0.25, -0.2) is 0 Å². The molecule has 1 rings (SSSR count). The number of carbonyl (C=O) groups excluding carboxylic acids is 2. The molecule has 0 spiro atoms. The highest BCUT2D eigenvalue weighted by Gasteiger charge is 2.23. The van der Waals surface area contributed by atoms with Crippen LogP contribution in [0.15, 0.2) is 24.3 Å². The van der Waals surface area contributed by atoms with Crippen molar-refractivity contribution in [2.45, 2.75) is 46.2 Å². The van der Waals surface area contributed by atoms with Crippen LogP contribution < -0.4 is 5.32 Å². The molecule has 0 saturated heterocycles. The van der Waals surface area contributed by atoms with Crippen LogP contribution in [0, 0.1) is 0 Å². The highest BCUT2D eigenvalue weighted by Crippen LogP contribution is 2.12. The summed E-state index contributed by atoms with van der Waals surface area (Å²) in [6, 6.07) is 6.09. The Hall–Kier alpha value is -2.37. The maximum atomic E-state index is 12.5. The van der Waals surface area contributed by atoms with Gasteiger partial charge in [0.15, 0.2) is 0 Å². The second-order valence-corrected chi connectivity index (χ2v) is 5.79. The molecule has 1 aromatic carbocycles. The molecule has 126 valence electrons. The van der Waals surface area contributed by atoms with E-state index in [0.717, 1.165) is 0 Å². The summed E-state index contributed by atoms with van der Waals surface area (Å²) in [7, 11) is 0. The highest BCUT2D eigenvalue weighted by atomic mass is 16.4. The van der Waals surface area contributed by atoms with Crippen molar-refractivity contribution in [1.29, 1.82) is 0 Å². The van der Waals surface area contributed by atoms with Gasteiger partial charge >= 0.3 is 5.97 Å². The number of nitrogens with one attached hydrogen (secondary N) is 1. The average molecular weight is 320 g/mol. The van der Waals surface area contributed by atoms with Gasteiger partial charge in [0.25, 0.3) is 11.8 Å². The van der Waals surface area contributed by atoms with Crippen molar-refractivity contribution in [2.75, 3.05) is 6.54 Å². The van der Waals surface area contributed by atoms with E-state index in [2.05, 4.69) is 5.32 Å². The summed E-state index contributed by atoms with van der Waals surface area (Å²) in [5.41, 5.74) is 0.830. The van der Waals surface area contributed by atoms with Crippen molar-refractivity contribution in [3.05, 3.63) is 35.4 Å². The highest BCUT2D eigenvalue weighted by molar-refractivity contribution is 5.98. The molecule has 23 heavy (non-hydrogen) atoms. The smallest absolute Gasteiger partial charge is 0.323 e. The summed E-state index contributed by atoms with van der Waals surface area (Å²) in [6.07, 6.45) is 0.661. The lowest BCUT2D eigenvalue weighted by molar-refractivity contribution is -0.138. The fourth-order valence-corrected chi connectivity index (χ4v) is 2.07. The zero-order valence-corrected chi connectivity index (χ0v) is 14.0. The standard InChI is InChI=1S/C17H24N2O4/c1-5-12(4)19(10-15(20)21)17(23)14-8-6-13(7-9-14)16(22)18-11(2)3/h6-9,11-12H,5,10H2,1-4H3,(H,18,22)(H,20,21). The van der Waals surface area contributed by atoms with Gasteiger partial charge in [0.05, 0.1) is 0 Å². The van der Waals surface area contributed by atoms with Crippen molar-refractivity contribution < 1.29 is 19.5 Å². The number of benzene rings is 1. The van der Waals surface area contributed by atoms with Gasteiger partial charge in [0.2, 0.25) is 0 Å². The monoisotopic (exact) mass is 320 g/mol. The Balaban J connectivity index is 2.94. The lowest BCUT2D eigenvalue weighted by atomic mass is 10.1. The maximum absolute atomic E-state index is 12.5. The Morgan fingerprint density at radius 2 is 1.61 bits per heavy atom. The van der Waals surface area contributed by atoms with E-state index in [1.54, 1.807) is 24.3 Å². The topological polar surface area (TPSA) is 86.7 Å². The molecule has 0 aliphatic heterocycles. The lowest BCUT2D eigenvalue weighted by Crippen LogP contribution is -2.41. The normalized spacial score (nSPS) is 11.9. The fourth-order valence-electron chi connectivity index (χ4n) is 2.07. The van der Waals surface area contributed by atoms with E-state index in [4.69, 9.17) is 5.11 Å². The summed E-state index contributed by atoms with van der Waals surface area (Å²) in [5, 5.41) is 11.8. The van der Waals surface area contributed by atoms with E-state index in [1.165, 1.54) is 4.90 Å². The first-order chi connectivity index (χ1) is 10.8. The molecule has 0 fully saturated rings. The molecule has 1 atom stereocenters. The third-order valence-electron chi connectivity index (χ3n) is 3.50. The van der Waals surface area contributed by atoms with Crippen LogP contribution >= 0.6 is 0 Å². The largest absolute Gasteiger partial charge is 0.480 e. The van der Waals surface area contributed by atoms with Crippen molar-refractivity contribution in [3.8, 4) is 0 Å². The molecule has 0 aliphatic carbocycles. The van der Waals surface area contributed by atoms with Crippen LogP contribution in [0.3, 0.4) is 0 Å². The molecular formula is C17H24N2O4. The van der Waals surface area contributed by atoms with E-state index in [1.807, 2.05) is 27.7 Å². The summed E-state index contributed by atoms with van der Waals surface area (Å²) in [5.74, 6) is -1.60. The van der Waals surface area contributed by atoms with Gasteiger partial charge in [-0.2, -0.15) is 0 Å². The first kappa shape index (κ1) is 18.7. The molecule has 6 nitrogen and oxygen atoms in total.